The number of hydrogen-bond acceptors (Lipinski definition) is 3. The molecule has 1 saturated heterocycles. The lowest BCUT2D eigenvalue weighted by Gasteiger charge is -2.45. The number of likely N-dealkylation sites (N-methyl/N-ethyl adjacent to an activating group) is 1. The summed E-state index contributed by atoms with van der Waals surface area (Å²) in [4.78, 5) is 5.03. The third-order valence-corrected chi connectivity index (χ3v) is 4.17. The molecule has 1 aromatic rings. The van der Waals surface area contributed by atoms with Gasteiger partial charge in [0.25, 0.3) is 0 Å². The largest absolute Gasteiger partial charge is 0.316 e. The van der Waals surface area contributed by atoms with Crippen molar-refractivity contribution >= 4 is 0 Å². The standard InChI is InChI=1S/C16H27N3/c1-16(2)13-19(9-8-18(16)4)12-15-7-5-6-14(10-15)11-17-3/h5-7,10,17H,8-9,11-13H2,1-4H3. The molecule has 0 atom stereocenters. The van der Waals surface area contributed by atoms with E-state index in [0.29, 0.717) is 0 Å². The second-order valence-electron chi connectivity index (χ2n) is 6.29. The summed E-state index contributed by atoms with van der Waals surface area (Å²) >= 11 is 0. The Kier molecular flexibility index (Phi) is 4.61. The predicted octanol–water partition coefficient (Wildman–Crippen LogP) is 1.93. The highest BCUT2D eigenvalue weighted by molar-refractivity contribution is 5.23. The molecule has 1 aliphatic rings. The third-order valence-electron chi connectivity index (χ3n) is 4.17. The van der Waals surface area contributed by atoms with Crippen LogP contribution in [0.4, 0.5) is 0 Å². The van der Waals surface area contributed by atoms with E-state index in [2.05, 4.69) is 60.3 Å². The van der Waals surface area contributed by atoms with Gasteiger partial charge in [-0.1, -0.05) is 24.3 Å². The molecule has 1 N–H and O–H groups in total. The molecule has 1 fully saturated rings. The molecule has 0 amide bonds. The van der Waals surface area contributed by atoms with E-state index in [4.69, 9.17) is 0 Å². The van der Waals surface area contributed by atoms with Crippen LogP contribution in [0.1, 0.15) is 25.0 Å². The summed E-state index contributed by atoms with van der Waals surface area (Å²) in [5.74, 6) is 0. The Morgan fingerprint density at radius 3 is 2.63 bits per heavy atom. The maximum atomic E-state index is 3.21. The minimum absolute atomic E-state index is 0.279. The van der Waals surface area contributed by atoms with Crippen molar-refractivity contribution in [3.05, 3.63) is 35.4 Å². The Labute approximate surface area is 117 Å². The van der Waals surface area contributed by atoms with Crippen molar-refractivity contribution in [3.8, 4) is 0 Å². The summed E-state index contributed by atoms with van der Waals surface area (Å²) in [5.41, 5.74) is 3.07. The molecular formula is C16H27N3. The second-order valence-corrected chi connectivity index (χ2v) is 6.29. The van der Waals surface area contributed by atoms with Crippen molar-refractivity contribution in [2.24, 2.45) is 0 Å². The third kappa shape index (κ3) is 3.78. The Balaban J connectivity index is 1.99. The van der Waals surface area contributed by atoms with Crippen LogP contribution >= 0.6 is 0 Å². The van der Waals surface area contributed by atoms with Crippen LogP contribution in [0.15, 0.2) is 24.3 Å². The van der Waals surface area contributed by atoms with Gasteiger partial charge in [0.05, 0.1) is 0 Å². The molecule has 0 bridgehead atoms. The van der Waals surface area contributed by atoms with Crippen LogP contribution in [0, 0.1) is 0 Å². The number of rotatable bonds is 4. The Hall–Kier alpha value is -0.900. The van der Waals surface area contributed by atoms with E-state index < -0.39 is 0 Å². The first-order valence-corrected chi connectivity index (χ1v) is 7.17. The molecule has 1 aliphatic heterocycles. The first-order valence-electron chi connectivity index (χ1n) is 7.17. The Morgan fingerprint density at radius 1 is 1.21 bits per heavy atom. The highest BCUT2D eigenvalue weighted by atomic mass is 15.3. The lowest BCUT2D eigenvalue weighted by Crippen LogP contribution is -2.57. The summed E-state index contributed by atoms with van der Waals surface area (Å²) in [6.07, 6.45) is 0. The lowest BCUT2D eigenvalue weighted by molar-refractivity contribution is 0.0360. The van der Waals surface area contributed by atoms with Crippen molar-refractivity contribution in [1.82, 2.24) is 15.1 Å². The number of benzene rings is 1. The minimum Gasteiger partial charge on any atom is -0.316 e. The molecule has 0 radical (unpaired) electrons. The summed E-state index contributed by atoms with van der Waals surface area (Å²) in [7, 11) is 4.22. The van der Waals surface area contributed by atoms with E-state index >= 15 is 0 Å². The topological polar surface area (TPSA) is 18.5 Å². The summed E-state index contributed by atoms with van der Waals surface area (Å²) in [6.45, 7) is 10.1. The highest BCUT2D eigenvalue weighted by Gasteiger charge is 2.30. The maximum Gasteiger partial charge on any atom is 0.0277 e. The molecule has 0 spiro atoms. The quantitative estimate of drug-likeness (QED) is 0.893. The summed E-state index contributed by atoms with van der Waals surface area (Å²) < 4.78 is 0. The van der Waals surface area contributed by atoms with Gasteiger partial charge in [0, 0.05) is 38.3 Å². The van der Waals surface area contributed by atoms with Gasteiger partial charge in [0.15, 0.2) is 0 Å². The number of nitrogens with zero attached hydrogens (tertiary/aromatic N) is 2. The molecule has 106 valence electrons. The van der Waals surface area contributed by atoms with Crippen LogP contribution in [0.25, 0.3) is 0 Å². The second kappa shape index (κ2) is 6.04. The zero-order chi connectivity index (χ0) is 13.9. The van der Waals surface area contributed by atoms with Gasteiger partial charge in [-0.25, -0.2) is 0 Å². The Bertz CT molecular complexity index is 414. The first-order chi connectivity index (χ1) is 9.01. The fourth-order valence-electron chi connectivity index (χ4n) is 2.78. The van der Waals surface area contributed by atoms with Gasteiger partial charge in [0.2, 0.25) is 0 Å². The average Bonchev–Trinajstić information content (AvgIpc) is 2.34. The highest BCUT2D eigenvalue weighted by Crippen LogP contribution is 2.20. The molecule has 0 aromatic heterocycles. The van der Waals surface area contributed by atoms with E-state index in [0.717, 1.165) is 32.7 Å². The van der Waals surface area contributed by atoms with Crippen LogP contribution in [-0.2, 0) is 13.1 Å². The number of piperazine rings is 1. The number of hydrogen-bond donors (Lipinski definition) is 1. The van der Waals surface area contributed by atoms with Crippen LogP contribution in [0.5, 0.6) is 0 Å². The van der Waals surface area contributed by atoms with Crippen molar-refractivity contribution in [3.63, 3.8) is 0 Å². The molecule has 3 heteroatoms. The van der Waals surface area contributed by atoms with Gasteiger partial charge in [0.1, 0.15) is 0 Å². The average molecular weight is 261 g/mol. The van der Waals surface area contributed by atoms with E-state index in [1.54, 1.807) is 0 Å². The maximum absolute atomic E-state index is 3.21. The van der Waals surface area contributed by atoms with E-state index in [9.17, 15) is 0 Å². The van der Waals surface area contributed by atoms with Gasteiger partial charge in [-0.05, 0) is 39.1 Å². The normalized spacial score (nSPS) is 20.6. The molecule has 2 rings (SSSR count). The molecule has 3 nitrogen and oxygen atoms in total. The molecular weight excluding hydrogens is 234 g/mol. The summed E-state index contributed by atoms with van der Waals surface area (Å²) in [6, 6.07) is 8.92. The SMILES string of the molecule is CNCc1cccc(CN2CCN(C)C(C)(C)C2)c1. The van der Waals surface area contributed by atoms with Gasteiger partial charge in [-0.15, -0.1) is 0 Å². The summed E-state index contributed by atoms with van der Waals surface area (Å²) in [5, 5.41) is 3.21. The van der Waals surface area contributed by atoms with Crippen LogP contribution < -0.4 is 5.32 Å². The van der Waals surface area contributed by atoms with E-state index in [1.807, 2.05) is 7.05 Å². The molecule has 19 heavy (non-hydrogen) atoms. The first kappa shape index (κ1) is 14.5. The zero-order valence-corrected chi connectivity index (χ0v) is 12.7. The fraction of sp³-hybridized carbons (Fsp3) is 0.625. The van der Waals surface area contributed by atoms with Crippen molar-refractivity contribution in [1.29, 1.82) is 0 Å². The van der Waals surface area contributed by atoms with Crippen LogP contribution in [0.2, 0.25) is 0 Å². The van der Waals surface area contributed by atoms with Gasteiger partial charge < -0.3 is 5.32 Å². The van der Waals surface area contributed by atoms with E-state index in [-0.39, 0.29) is 5.54 Å². The molecule has 0 saturated carbocycles. The van der Waals surface area contributed by atoms with Gasteiger partial charge in [-0.2, -0.15) is 0 Å². The predicted molar refractivity (Wildman–Crippen MR) is 81.2 cm³/mol. The monoisotopic (exact) mass is 261 g/mol. The number of nitrogens with one attached hydrogen (secondary N) is 1. The lowest BCUT2D eigenvalue weighted by atomic mass is 9.99. The van der Waals surface area contributed by atoms with Gasteiger partial charge >= 0.3 is 0 Å². The zero-order valence-electron chi connectivity index (χ0n) is 12.7. The molecule has 1 aromatic carbocycles. The molecule has 1 heterocycles. The Morgan fingerprint density at radius 2 is 1.95 bits per heavy atom. The van der Waals surface area contributed by atoms with E-state index in [1.165, 1.54) is 11.1 Å². The van der Waals surface area contributed by atoms with Crippen molar-refractivity contribution < 1.29 is 0 Å². The minimum atomic E-state index is 0.279. The molecule has 0 aliphatic carbocycles. The van der Waals surface area contributed by atoms with Gasteiger partial charge in [-0.3, -0.25) is 9.80 Å². The van der Waals surface area contributed by atoms with Crippen LogP contribution in [0.3, 0.4) is 0 Å². The smallest absolute Gasteiger partial charge is 0.0277 e. The van der Waals surface area contributed by atoms with Crippen molar-refractivity contribution in [2.75, 3.05) is 33.7 Å². The van der Waals surface area contributed by atoms with Crippen molar-refractivity contribution in [2.45, 2.75) is 32.5 Å². The van der Waals surface area contributed by atoms with Crippen LogP contribution in [-0.4, -0.2) is 49.1 Å². The fourth-order valence-corrected chi connectivity index (χ4v) is 2.78. The molecule has 0 unspecified atom stereocenters.